The van der Waals surface area contributed by atoms with Crippen LogP contribution in [-0.2, 0) is 7.05 Å². The van der Waals surface area contributed by atoms with E-state index in [1.165, 1.54) is 13.2 Å². The molecule has 0 aliphatic heterocycles. The van der Waals surface area contributed by atoms with Gasteiger partial charge in [0.05, 0.1) is 30.1 Å². The highest BCUT2D eigenvalue weighted by Gasteiger charge is 2.23. The topological polar surface area (TPSA) is 62.9 Å². The second-order valence-corrected chi connectivity index (χ2v) is 4.32. The minimum Gasteiger partial charge on any atom is -0.481 e. The van der Waals surface area contributed by atoms with Crippen LogP contribution in [0.3, 0.4) is 0 Å². The third-order valence-electron chi connectivity index (χ3n) is 3.00. The van der Waals surface area contributed by atoms with Crippen LogP contribution in [0.2, 0.25) is 0 Å². The highest BCUT2D eigenvalue weighted by molar-refractivity contribution is 5.51. The average Bonchev–Trinajstić information content (AvgIpc) is 2.72. The number of methoxy groups -OCH3 is 1. The molecular formula is C14H15FN4O. The lowest BCUT2D eigenvalue weighted by atomic mass is 10.1. The Morgan fingerprint density at radius 3 is 2.75 bits per heavy atom. The predicted molar refractivity (Wildman–Crippen MR) is 72.9 cm³/mol. The summed E-state index contributed by atoms with van der Waals surface area (Å²) in [7, 11) is 3.24. The van der Waals surface area contributed by atoms with E-state index >= 15 is 0 Å². The molecule has 1 atom stereocenters. The normalized spacial score (nSPS) is 11.8. The zero-order chi connectivity index (χ0) is 14.7. The fourth-order valence-electron chi connectivity index (χ4n) is 2.13. The molecule has 0 radical (unpaired) electrons. The van der Waals surface area contributed by atoms with Gasteiger partial charge in [0, 0.05) is 7.05 Å². The quantitative estimate of drug-likeness (QED) is 0.930. The Kier molecular flexibility index (Phi) is 3.89. The van der Waals surface area contributed by atoms with Gasteiger partial charge in [-0.2, -0.15) is 10.4 Å². The van der Waals surface area contributed by atoms with E-state index in [2.05, 4.69) is 16.5 Å². The van der Waals surface area contributed by atoms with Crippen LogP contribution in [0.15, 0.2) is 24.3 Å². The summed E-state index contributed by atoms with van der Waals surface area (Å²) < 4.78 is 20.5. The second-order valence-electron chi connectivity index (χ2n) is 4.32. The molecule has 104 valence electrons. The summed E-state index contributed by atoms with van der Waals surface area (Å²) in [4.78, 5) is 0. The van der Waals surface area contributed by atoms with E-state index < -0.39 is 11.9 Å². The van der Waals surface area contributed by atoms with Gasteiger partial charge in [-0.05, 0) is 19.1 Å². The number of nitriles is 1. The molecule has 5 nitrogen and oxygen atoms in total. The van der Waals surface area contributed by atoms with Gasteiger partial charge >= 0.3 is 0 Å². The van der Waals surface area contributed by atoms with Gasteiger partial charge in [0.25, 0.3) is 0 Å². The minimum absolute atomic E-state index is 0.268. The van der Waals surface area contributed by atoms with Gasteiger partial charge in [-0.1, -0.05) is 12.1 Å². The highest BCUT2D eigenvalue weighted by Crippen LogP contribution is 2.30. The summed E-state index contributed by atoms with van der Waals surface area (Å²) in [6.07, 6.45) is 0. The van der Waals surface area contributed by atoms with Gasteiger partial charge in [-0.25, -0.2) is 9.07 Å². The summed E-state index contributed by atoms with van der Waals surface area (Å²) in [5.41, 5.74) is 1.55. The summed E-state index contributed by atoms with van der Waals surface area (Å²) in [6.45, 7) is 1.78. The zero-order valence-corrected chi connectivity index (χ0v) is 11.5. The standard InChI is InChI=1S/C14H15FN4O/c1-9-13(14(20-3)19(2)18-9)12(8-16)17-11-7-5-4-6-10(11)15/h4-7,12,17H,1-3H3. The fourth-order valence-corrected chi connectivity index (χ4v) is 2.13. The molecule has 1 aromatic heterocycles. The highest BCUT2D eigenvalue weighted by atomic mass is 19.1. The number of hydrogen-bond donors (Lipinski definition) is 1. The van der Waals surface area contributed by atoms with Crippen LogP contribution in [0, 0.1) is 24.1 Å². The van der Waals surface area contributed by atoms with Gasteiger partial charge in [-0.15, -0.1) is 0 Å². The lowest BCUT2D eigenvalue weighted by Gasteiger charge is -2.14. The van der Waals surface area contributed by atoms with E-state index in [9.17, 15) is 9.65 Å². The van der Waals surface area contributed by atoms with Crippen LogP contribution < -0.4 is 10.1 Å². The van der Waals surface area contributed by atoms with Crippen molar-refractivity contribution in [1.82, 2.24) is 9.78 Å². The number of aromatic nitrogens is 2. The molecule has 0 amide bonds. The summed E-state index contributed by atoms with van der Waals surface area (Å²) in [5.74, 6) is 0.0751. The molecule has 1 N–H and O–H groups in total. The molecule has 1 unspecified atom stereocenters. The van der Waals surface area contributed by atoms with Crippen LogP contribution in [0.25, 0.3) is 0 Å². The van der Waals surface area contributed by atoms with Gasteiger partial charge in [-0.3, -0.25) is 0 Å². The molecule has 0 saturated heterocycles. The second kappa shape index (κ2) is 5.61. The van der Waals surface area contributed by atoms with Crippen LogP contribution in [0.5, 0.6) is 5.88 Å². The molecule has 2 aromatic rings. The number of ether oxygens (including phenoxy) is 1. The maximum atomic E-state index is 13.7. The van der Waals surface area contributed by atoms with Crippen molar-refractivity contribution in [2.45, 2.75) is 13.0 Å². The molecule has 20 heavy (non-hydrogen) atoms. The van der Waals surface area contributed by atoms with E-state index in [1.807, 2.05) is 0 Å². The van der Waals surface area contributed by atoms with E-state index in [0.29, 0.717) is 17.1 Å². The number of rotatable bonds is 4. The third kappa shape index (κ3) is 2.43. The van der Waals surface area contributed by atoms with Gasteiger partial charge in [0.1, 0.15) is 11.9 Å². The van der Waals surface area contributed by atoms with Crippen molar-refractivity contribution in [3.63, 3.8) is 0 Å². The number of hydrogen-bond acceptors (Lipinski definition) is 4. The molecular weight excluding hydrogens is 259 g/mol. The van der Waals surface area contributed by atoms with E-state index in [1.54, 1.807) is 36.9 Å². The van der Waals surface area contributed by atoms with Crippen molar-refractivity contribution in [2.24, 2.45) is 7.05 Å². The van der Waals surface area contributed by atoms with Crippen molar-refractivity contribution in [3.05, 3.63) is 41.3 Å². The lowest BCUT2D eigenvalue weighted by Crippen LogP contribution is -2.11. The first-order chi connectivity index (χ1) is 9.58. The molecule has 1 heterocycles. The van der Waals surface area contributed by atoms with Crippen molar-refractivity contribution in [3.8, 4) is 11.9 Å². The van der Waals surface area contributed by atoms with Crippen LogP contribution >= 0.6 is 0 Å². The average molecular weight is 274 g/mol. The maximum absolute atomic E-state index is 13.7. The number of halogens is 1. The Bertz CT molecular complexity index is 660. The Hall–Kier alpha value is -2.55. The van der Waals surface area contributed by atoms with Crippen molar-refractivity contribution >= 4 is 5.69 Å². The van der Waals surface area contributed by atoms with Crippen LogP contribution in [0.1, 0.15) is 17.3 Å². The summed E-state index contributed by atoms with van der Waals surface area (Å²) in [5, 5.41) is 16.5. The lowest BCUT2D eigenvalue weighted by molar-refractivity contribution is 0.369. The predicted octanol–water partition coefficient (Wildman–Crippen LogP) is 2.55. The van der Waals surface area contributed by atoms with Crippen molar-refractivity contribution in [1.29, 1.82) is 5.26 Å². The third-order valence-corrected chi connectivity index (χ3v) is 3.00. The van der Waals surface area contributed by atoms with Gasteiger partial charge < -0.3 is 10.1 Å². The summed E-state index contributed by atoms with van der Waals surface area (Å²) >= 11 is 0. The number of aryl methyl sites for hydroxylation is 2. The number of anilines is 1. The minimum atomic E-state index is -0.740. The molecule has 0 fully saturated rings. The van der Waals surface area contributed by atoms with Gasteiger partial charge in [0.15, 0.2) is 0 Å². The number of benzene rings is 1. The smallest absolute Gasteiger partial charge is 0.218 e. The SMILES string of the molecule is COc1c(C(C#N)Nc2ccccc2F)c(C)nn1C. The molecule has 0 saturated carbocycles. The van der Waals surface area contributed by atoms with Crippen LogP contribution in [0.4, 0.5) is 10.1 Å². The maximum Gasteiger partial charge on any atom is 0.218 e. The van der Waals surface area contributed by atoms with Gasteiger partial charge in [0.2, 0.25) is 5.88 Å². The van der Waals surface area contributed by atoms with Crippen molar-refractivity contribution < 1.29 is 9.13 Å². The van der Waals surface area contributed by atoms with E-state index in [4.69, 9.17) is 4.74 Å². The number of para-hydroxylation sites is 1. The first-order valence-corrected chi connectivity index (χ1v) is 6.06. The molecule has 0 aliphatic rings. The van der Waals surface area contributed by atoms with Crippen LogP contribution in [-0.4, -0.2) is 16.9 Å². The molecule has 6 heteroatoms. The first kappa shape index (κ1) is 13.9. The first-order valence-electron chi connectivity index (χ1n) is 6.06. The Morgan fingerprint density at radius 1 is 1.45 bits per heavy atom. The van der Waals surface area contributed by atoms with E-state index in [-0.39, 0.29) is 5.69 Å². The largest absolute Gasteiger partial charge is 0.481 e. The van der Waals surface area contributed by atoms with E-state index in [0.717, 1.165) is 0 Å². The Morgan fingerprint density at radius 2 is 2.15 bits per heavy atom. The molecule has 0 spiro atoms. The Balaban J connectivity index is 2.40. The molecule has 0 bridgehead atoms. The zero-order valence-electron chi connectivity index (χ0n) is 11.5. The summed E-state index contributed by atoms with van der Waals surface area (Å²) in [6, 6.07) is 7.59. The molecule has 0 aliphatic carbocycles. The fraction of sp³-hybridized carbons (Fsp3) is 0.286. The van der Waals surface area contributed by atoms with Crippen molar-refractivity contribution in [2.75, 3.05) is 12.4 Å². The monoisotopic (exact) mass is 274 g/mol. The number of nitrogens with one attached hydrogen (secondary N) is 1. The molecule has 2 rings (SSSR count). The number of nitrogens with zero attached hydrogens (tertiary/aromatic N) is 3. The molecule has 1 aromatic carbocycles. The Labute approximate surface area is 116 Å².